The van der Waals surface area contributed by atoms with E-state index in [4.69, 9.17) is 16.3 Å². The van der Waals surface area contributed by atoms with Crippen molar-refractivity contribution >= 4 is 29.0 Å². The van der Waals surface area contributed by atoms with Gasteiger partial charge in [-0.25, -0.2) is 0 Å². The molecule has 0 fully saturated rings. The van der Waals surface area contributed by atoms with E-state index in [1.54, 1.807) is 48.5 Å². The van der Waals surface area contributed by atoms with Crippen molar-refractivity contribution in [3.63, 3.8) is 0 Å². The molecule has 0 aliphatic heterocycles. The normalized spacial score (nSPS) is 10.0. The number of halogens is 1. The first-order valence-electron chi connectivity index (χ1n) is 6.34. The predicted molar refractivity (Wildman–Crippen MR) is 82.0 cm³/mol. The molecule has 0 saturated carbocycles. The number of hydrogen-bond donors (Lipinski definition) is 1. The molecule has 2 rings (SSSR count). The molecule has 21 heavy (non-hydrogen) atoms. The van der Waals surface area contributed by atoms with Crippen LogP contribution in [-0.4, -0.2) is 18.3 Å². The van der Waals surface area contributed by atoms with Crippen LogP contribution in [0.4, 0.5) is 5.69 Å². The summed E-state index contributed by atoms with van der Waals surface area (Å²) in [6.07, 6.45) is 0. The van der Waals surface area contributed by atoms with E-state index in [0.717, 1.165) is 0 Å². The van der Waals surface area contributed by atoms with Gasteiger partial charge in [0.2, 0.25) is 0 Å². The first-order chi connectivity index (χ1) is 10.0. The Kier molecular flexibility index (Phi) is 4.95. The highest BCUT2D eigenvalue weighted by atomic mass is 35.5. The van der Waals surface area contributed by atoms with Gasteiger partial charge in [0.25, 0.3) is 5.91 Å². The molecule has 0 unspecified atom stereocenters. The van der Waals surface area contributed by atoms with Crippen LogP contribution in [0.25, 0.3) is 0 Å². The van der Waals surface area contributed by atoms with Gasteiger partial charge in [-0.1, -0.05) is 29.8 Å². The van der Waals surface area contributed by atoms with Gasteiger partial charge in [0.15, 0.2) is 12.4 Å². The quantitative estimate of drug-likeness (QED) is 0.859. The zero-order valence-electron chi connectivity index (χ0n) is 11.4. The highest BCUT2D eigenvalue weighted by Gasteiger charge is 2.06. The minimum atomic E-state index is -0.310. The predicted octanol–water partition coefficient (Wildman–Crippen LogP) is 3.56. The smallest absolute Gasteiger partial charge is 0.262 e. The molecule has 2 aromatic rings. The maximum atomic E-state index is 11.8. The number of carbonyl (C=O) groups excluding carboxylic acids is 2. The number of amides is 1. The number of Topliss-reactive ketones (excluding diaryl/α,β-unsaturated/α-hetero) is 1. The number of benzene rings is 2. The second-order valence-electron chi connectivity index (χ2n) is 4.43. The number of rotatable bonds is 5. The van der Waals surface area contributed by atoms with Gasteiger partial charge in [-0.3, -0.25) is 9.59 Å². The van der Waals surface area contributed by atoms with Crippen LogP contribution in [0.2, 0.25) is 5.02 Å². The van der Waals surface area contributed by atoms with Gasteiger partial charge in [-0.2, -0.15) is 0 Å². The number of ketones is 1. The van der Waals surface area contributed by atoms with Crippen molar-refractivity contribution in [2.24, 2.45) is 0 Å². The van der Waals surface area contributed by atoms with Crippen molar-refractivity contribution in [3.05, 3.63) is 59.1 Å². The fraction of sp³-hybridized carbons (Fsp3) is 0.125. The fourth-order valence-corrected chi connectivity index (χ4v) is 1.90. The average molecular weight is 304 g/mol. The third kappa shape index (κ3) is 4.61. The molecule has 0 heterocycles. The van der Waals surface area contributed by atoms with E-state index in [0.29, 0.717) is 22.0 Å². The third-order valence-electron chi connectivity index (χ3n) is 2.72. The SMILES string of the molecule is CC(=O)c1cccc(NC(=O)COc2cccc(Cl)c2)c1. The number of anilines is 1. The molecule has 108 valence electrons. The monoisotopic (exact) mass is 303 g/mol. The summed E-state index contributed by atoms with van der Waals surface area (Å²) in [5.74, 6) is 0.159. The summed E-state index contributed by atoms with van der Waals surface area (Å²) in [6, 6.07) is 13.6. The number of nitrogens with one attached hydrogen (secondary N) is 1. The van der Waals surface area contributed by atoms with Gasteiger partial charge >= 0.3 is 0 Å². The van der Waals surface area contributed by atoms with Crippen molar-refractivity contribution < 1.29 is 14.3 Å². The first kappa shape index (κ1) is 15.1. The van der Waals surface area contributed by atoms with E-state index in [-0.39, 0.29) is 18.3 Å². The number of carbonyl (C=O) groups is 2. The van der Waals surface area contributed by atoms with Gasteiger partial charge in [0, 0.05) is 16.3 Å². The maximum Gasteiger partial charge on any atom is 0.262 e. The van der Waals surface area contributed by atoms with Crippen LogP contribution in [0.15, 0.2) is 48.5 Å². The Morgan fingerprint density at radius 1 is 1.14 bits per heavy atom. The molecule has 0 bridgehead atoms. The molecular weight excluding hydrogens is 290 g/mol. The molecule has 5 heteroatoms. The Morgan fingerprint density at radius 2 is 1.90 bits per heavy atom. The Hall–Kier alpha value is -2.33. The van der Waals surface area contributed by atoms with Crippen LogP contribution in [-0.2, 0) is 4.79 Å². The Labute approximate surface area is 127 Å². The lowest BCUT2D eigenvalue weighted by molar-refractivity contribution is -0.118. The molecule has 1 amide bonds. The summed E-state index contributed by atoms with van der Waals surface area (Å²) in [5, 5.41) is 3.22. The molecule has 2 aromatic carbocycles. The van der Waals surface area contributed by atoms with Crippen LogP contribution < -0.4 is 10.1 Å². The Morgan fingerprint density at radius 3 is 2.62 bits per heavy atom. The van der Waals surface area contributed by atoms with Crippen molar-refractivity contribution in [2.45, 2.75) is 6.92 Å². The van der Waals surface area contributed by atoms with E-state index in [1.807, 2.05) is 0 Å². The summed E-state index contributed by atoms with van der Waals surface area (Å²) in [4.78, 5) is 23.1. The Balaban J connectivity index is 1.93. The van der Waals surface area contributed by atoms with E-state index < -0.39 is 0 Å². The molecule has 0 saturated heterocycles. The molecule has 4 nitrogen and oxygen atoms in total. The molecular formula is C16H14ClNO3. The van der Waals surface area contributed by atoms with E-state index >= 15 is 0 Å². The standard InChI is InChI=1S/C16H14ClNO3/c1-11(19)12-4-2-6-14(8-12)18-16(20)10-21-15-7-3-5-13(17)9-15/h2-9H,10H2,1H3,(H,18,20). The van der Waals surface area contributed by atoms with Crippen LogP contribution in [0.3, 0.4) is 0 Å². The van der Waals surface area contributed by atoms with E-state index in [2.05, 4.69) is 5.32 Å². The van der Waals surface area contributed by atoms with Crippen LogP contribution in [0.1, 0.15) is 17.3 Å². The van der Waals surface area contributed by atoms with Crippen molar-refractivity contribution in [2.75, 3.05) is 11.9 Å². The Bertz CT molecular complexity index is 670. The number of ether oxygens (including phenoxy) is 1. The zero-order valence-corrected chi connectivity index (χ0v) is 12.2. The van der Waals surface area contributed by atoms with Crippen molar-refractivity contribution in [1.29, 1.82) is 0 Å². The maximum absolute atomic E-state index is 11.8. The lowest BCUT2D eigenvalue weighted by atomic mass is 10.1. The lowest BCUT2D eigenvalue weighted by Gasteiger charge is -2.08. The fourth-order valence-electron chi connectivity index (χ4n) is 1.72. The van der Waals surface area contributed by atoms with E-state index in [1.165, 1.54) is 6.92 Å². The second-order valence-corrected chi connectivity index (χ2v) is 4.87. The molecule has 0 aliphatic carbocycles. The highest BCUT2D eigenvalue weighted by Crippen LogP contribution is 2.17. The molecule has 1 N–H and O–H groups in total. The van der Waals surface area contributed by atoms with Gasteiger partial charge in [-0.05, 0) is 37.3 Å². The lowest BCUT2D eigenvalue weighted by Crippen LogP contribution is -2.20. The summed E-state index contributed by atoms with van der Waals surface area (Å²) >= 11 is 5.82. The molecule has 0 atom stereocenters. The summed E-state index contributed by atoms with van der Waals surface area (Å²) in [7, 11) is 0. The van der Waals surface area contributed by atoms with Crippen molar-refractivity contribution in [3.8, 4) is 5.75 Å². The van der Waals surface area contributed by atoms with Crippen molar-refractivity contribution in [1.82, 2.24) is 0 Å². The minimum absolute atomic E-state index is 0.0544. The molecule has 0 radical (unpaired) electrons. The second kappa shape index (κ2) is 6.90. The highest BCUT2D eigenvalue weighted by molar-refractivity contribution is 6.30. The first-order valence-corrected chi connectivity index (χ1v) is 6.71. The van der Waals surface area contributed by atoms with Gasteiger partial charge < -0.3 is 10.1 Å². The molecule has 0 spiro atoms. The molecule has 0 aliphatic rings. The third-order valence-corrected chi connectivity index (χ3v) is 2.95. The summed E-state index contributed by atoms with van der Waals surface area (Å²) < 4.78 is 5.34. The summed E-state index contributed by atoms with van der Waals surface area (Å²) in [6.45, 7) is 1.34. The van der Waals surface area contributed by atoms with Gasteiger partial charge in [0.05, 0.1) is 0 Å². The summed E-state index contributed by atoms with van der Waals surface area (Å²) in [5.41, 5.74) is 1.10. The number of hydrogen-bond acceptors (Lipinski definition) is 3. The average Bonchev–Trinajstić information content (AvgIpc) is 2.45. The van der Waals surface area contributed by atoms with Gasteiger partial charge in [-0.15, -0.1) is 0 Å². The van der Waals surface area contributed by atoms with Crippen LogP contribution in [0.5, 0.6) is 5.75 Å². The topological polar surface area (TPSA) is 55.4 Å². The zero-order chi connectivity index (χ0) is 15.2. The largest absolute Gasteiger partial charge is 0.484 e. The van der Waals surface area contributed by atoms with E-state index in [9.17, 15) is 9.59 Å². The molecule has 0 aromatic heterocycles. The van der Waals surface area contributed by atoms with Crippen LogP contribution >= 0.6 is 11.6 Å². The van der Waals surface area contributed by atoms with Gasteiger partial charge in [0.1, 0.15) is 5.75 Å². The van der Waals surface area contributed by atoms with Crippen LogP contribution in [0, 0.1) is 0 Å². The minimum Gasteiger partial charge on any atom is -0.484 e.